The zero-order valence-corrected chi connectivity index (χ0v) is 13.6. The first-order valence-electron chi connectivity index (χ1n) is 7.87. The van der Waals surface area contributed by atoms with Crippen LogP contribution in [0.25, 0.3) is 21.8 Å². The lowest BCUT2D eigenvalue weighted by molar-refractivity contribution is 0.102. The van der Waals surface area contributed by atoms with Crippen LogP contribution < -0.4 is 5.32 Å². The van der Waals surface area contributed by atoms with Crippen molar-refractivity contribution in [2.45, 2.75) is 13.8 Å². The van der Waals surface area contributed by atoms with Crippen LogP contribution >= 0.6 is 0 Å². The van der Waals surface area contributed by atoms with Gasteiger partial charge < -0.3 is 10.3 Å². The van der Waals surface area contributed by atoms with Crippen LogP contribution in [-0.4, -0.2) is 15.9 Å². The molecular weight excluding hydrogens is 298 g/mol. The molecule has 4 rings (SSSR count). The van der Waals surface area contributed by atoms with Gasteiger partial charge in [-0.3, -0.25) is 9.78 Å². The molecule has 0 unspecified atom stereocenters. The number of H-pyrrole nitrogens is 1. The Morgan fingerprint density at radius 2 is 1.96 bits per heavy atom. The number of carbonyl (C=O) groups excluding carboxylic acids is 1. The molecule has 0 saturated carbocycles. The van der Waals surface area contributed by atoms with Crippen molar-refractivity contribution in [1.82, 2.24) is 9.97 Å². The fraction of sp³-hybridized carbons (Fsp3) is 0.100. The van der Waals surface area contributed by atoms with Crippen molar-refractivity contribution in [2.24, 2.45) is 0 Å². The number of nitrogens with zero attached hydrogens (tertiary/aromatic N) is 1. The number of aromatic nitrogens is 2. The second-order valence-electron chi connectivity index (χ2n) is 6.06. The SMILES string of the molecule is Cc1ccc2cc(C(=O)Nc3ccc(C)c4ncccc34)[nH]c2c1. The van der Waals surface area contributed by atoms with Crippen LogP contribution in [0, 0.1) is 13.8 Å². The summed E-state index contributed by atoms with van der Waals surface area (Å²) in [5.41, 5.74) is 5.44. The van der Waals surface area contributed by atoms with Crippen LogP contribution in [0.5, 0.6) is 0 Å². The fourth-order valence-corrected chi connectivity index (χ4v) is 2.98. The number of hydrogen-bond donors (Lipinski definition) is 2. The summed E-state index contributed by atoms with van der Waals surface area (Å²) in [5, 5.41) is 4.97. The van der Waals surface area contributed by atoms with E-state index in [1.807, 2.05) is 62.4 Å². The Balaban J connectivity index is 1.72. The third-order valence-electron chi connectivity index (χ3n) is 4.24. The summed E-state index contributed by atoms with van der Waals surface area (Å²) >= 11 is 0. The van der Waals surface area contributed by atoms with Crippen LogP contribution in [0.1, 0.15) is 21.6 Å². The third-order valence-corrected chi connectivity index (χ3v) is 4.24. The summed E-state index contributed by atoms with van der Waals surface area (Å²) in [4.78, 5) is 20.2. The van der Waals surface area contributed by atoms with E-state index >= 15 is 0 Å². The van der Waals surface area contributed by atoms with Crippen molar-refractivity contribution in [3.8, 4) is 0 Å². The first kappa shape index (κ1) is 14.5. The smallest absolute Gasteiger partial charge is 0.272 e. The minimum absolute atomic E-state index is 0.155. The van der Waals surface area contributed by atoms with E-state index in [0.29, 0.717) is 5.69 Å². The highest BCUT2D eigenvalue weighted by Gasteiger charge is 2.12. The number of pyridine rings is 1. The summed E-state index contributed by atoms with van der Waals surface area (Å²) in [7, 11) is 0. The monoisotopic (exact) mass is 315 g/mol. The number of carbonyl (C=O) groups is 1. The van der Waals surface area contributed by atoms with E-state index in [2.05, 4.69) is 15.3 Å². The number of benzene rings is 2. The molecule has 0 saturated heterocycles. The molecule has 4 heteroatoms. The Kier molecular flexibility index (Phi) is 3.31. The van der Waals surface area contributed by atoms with E-state index < -0.39 is 0 Å². The first-order chi connectivity index (χ1) is 11.6. The zero-order chi connectivity index (χ0) is 16.7. The standard InChI is InChI=1S/C20H17N3O/c1-12-5-7-14-11-18(22-17(14)10-12)20(24)23-16-8-6-13(2)19-15(16)4-3-9-21-19/h3-11,22H,1-2H3,(H,23,24). The van der Waals surface area contributed by atoms with Crippen molar-refractivity contribution in [2.75, 3.05) is 5.32 Å². The van der Waals surface area contributed by atoms with E-state index in [9.17, 15) is 4.79 Å². The first-order valence-corrected chi connectivity index (χ1v) is 7.87. The lowest BCUT2D eigenvalue weighted by atomic mass is 10.1. The van der Waals surface area contributed by atoms with Crippen molar-refractivity contribution >= 4 is 33.4 Å². The highest BCUT2D eigenvalue weighted by atomic mass is 16.1. The zero-order valence-electron chi connectivity index (χ0n) is 13.6. The number of nitrogens with one attached hydrogen (secondary N) is 2. The average Bonchev–Trinajstić information content (AvgIpc) is 3.01. The molecule has 118 valence electrons. The summed E-state index contributed by atoms with van der Waals surface area (Å²) in [6.07, 6.45) is 1.76. The van der Waals surface area contributed by atoms with Gasteiger partial charge in [-0.2, -0.15) is 0 Å². The molecule has 4 nitrogen and oxygen atoms in total. The molecule has 2 aromatic heterocycles. The molecule has 0 aliphatic carbocycles. The highest BCUT2D eigenvalue weighted by Crippen LogP contribution is 2.25. The lowest BCUT2D eigenvalue weighted by Crippen LogP contribution is -2.12. The molecule has 0 fully saturated rings. The van der Waals surface area contributed by atoms with Crippen LogP contribution in [0.3, 0.4) is 0 Å². The van der Waals surface area contributed by atoms with Crippen molar-refractivity contribution in [3.63, 3.8) is 0 Å². The Morgan fingerprint density at radius 1 is 1.08 bits per heavy atom. The summed E-state index contributed by atoms with van der Waals surface area (Å²) in [5.74, 6) is -0.155. The molecular formula is C20H17N3O. The minimum Gasteiger partial charge on any atom is -0.351 e. The van der Waals surface area contributed by atoms with Crippen molar-refractivity contribution < 1.29 is 4.79 Å². The molecule has 0 atom stereocenters. The van der Waals surface area contributed by atoms with E-state index in [-0.39, 0.29) is 5.91 Å². The van der Waals surface area contributed by atoms with Gasteiger partial charge in [-0.05, 0) is 55.3 Å². The van der Waals surface area contributed by atoms with Gasteiger partial charge in [-0.15, -0.1) is 0 Å². The Bertz CT molecular complexity index is 1080. The highest BCUT2D eigenvalue weighted by molar-refractivity contribution is 6.10. The normalized spacial score (nSPS) is 11.1. The van der Waals surface area contributed by atoms with Crippen molar-refractivity contribution in [3.05, 3.63) is 71.5 Å². The van der Waals surface area contributed by atoms with Gasteiger partial charge in [0.1, 0.15) is 5.69 Å². The van der Waals surface area contributed by atoms with Gasteiger partial charge in [0.2, 0.25) is 0 Å². The number of aromatic amines is 1. The van der Waals surface area contributed by atoms with Gasteiger partial charge in [0.15, 0.2) is 0 Å². The predicted molar refractivity (Wildman–Crippen MR) is 97.5 cm³/mol. The summed E-state index contributed by atoms with van der Waals surface area (Å²) in [6.45, 7) is 4.05. The summed E-state index contributed by atoms with van der Waals surface area (Å²) in [6, 6.07) is 15.7. The number of fused-ring (bicyclic) bond motifs is 2. The Hall–Kier alpha value is -3.14. The largest absolute Gasteiger partial charge is 0.351 e. The quantitative estimate of drug-likeness (QED) is 0.568. The van der Waals surface area contributed by atoms with Gasteiger partial charge in [-0.25, -0.2) is 0 Å². The maximum atomic E-state index is 12.6. The second kappa shape index (κ2) is 5.49. The number of aryl methyl sites for hydroxylation is 2. The van der Waals surface area contributed by atoms with Gasteiger partial charge in [0, 0.05) is 22.5 Å². The van der Waals surface area contributed by atoms with Crippen LogP contribution in [0.2, 0.25) is 0 Å². The van der Waals surface area contributed by atoms with E-state index in [4.69, 9.17) is 0 Å². The maximum Gasteiger partial charge on any atom is 0.272 e. The van der Waals surface area contributed by atoms with E-state index in [1.54, 1.807) is 6.20 Å². The average molecular weight is 315 g/mol. The Labute approximate surface area is 139 Å². The third kappa shape index (κ3) is 2.42. The molecule has 0 spiro atoms. The van der Waals surface area contributed by atoms with Gasteiger partial charge in [-0.1, -0.05) is 18.2 Å². The summed E-state index contributed by atoms with van der Waals surface area (Å²) < 4.78 is 0. The molecule has 2 heterocycles. The topological polar surface area (TPSA) is 57.8 Å². The fourth-order valence-electron chi connectivity index (χ4n) is 2.98. The number of anilines is 1. The Morgan fingerprint density at radius 3 is 2.83 bits per heavy atom. The molecule has 4 aromatic rings. The second-order valence-corrected chi connectivity index (χ2v) is 6.06. The molecule has 0 radical (unpaired) electrons. The number of rotatable bonds is 2. The lowest BCUT2D eigenvalue weighted by Gasteiger charge is -2.09. The van der Waals surface area contributed by atoms with E-state index in [1.165, 1.54) is 0 Å². The predicted octanol–water partition coefficient (Wildman–Crippen LogP) is 4.59. The molecule has 0 aliphatic rings. The van der Waals surface area contributed by atoms with E-state index in [0.717, 1.165) is 38.6 Å². The number of amides is 1. The van der Waals surface area contributed by atoms with Crippen LogP contribution in [-0.2, 0) is 0 Å². The molecule has 0 aliphatic heterocycles. The molecule has 0 bridgehead atoms. The van der Waals surface area contributed by atoms with Crippen LogP contribution in [0.15, 0.2) is 54.7 Å². The molecule has 1 amide bonds. The van der Waals surface area contributed by atoms with Gasteiger partial charge >= 0.3 is 0 Å². The number of hydrogen-bond acceptors (Lipinski definition) is 2. The molecule has 24 heavy (non-hydrogen) atoms. The minimum atomic E-state index is -0.155. The van der Waals surface area contributed by atoms with Gasteiger partial charge in [0.05, 0.1) is 11.2 Å². The van der Waals surface area contributed by atoms with Crippen LogP contribution in [0.4, 0.5) is 5.69 Å². The van der Waals surface area contributed by atoms with Crippen molar-refractivity contribution in [1.29, 1.82) is 0 Å². The molecule has 2 aromatic carbocycles. The van der Waals surface area contributed by atoms with Gasteiger partial charge in [0.25, 0.3) is 5.91 Å². The molecule has 2 N–H and O–H groups in total. The maximum absolute atomic E-state index is 12.6.